The van der Waals surface area contributed by atoms with Crippen LogP contribution in [0.15, 0.2) is 92.6 Å². The minimum absolute atomic E-state index is 0.0989. The van der Waals surface area contributed by atoms with Gasteiger partial charge >= 0.3 is 0 Å². The molecule has 0 radical (unpaired) electrons. The number of pyridine rings is 1. The van der Waals surface area contributed by atoms with Crippen LogP contribution in [-0.4, -0.2) is 18.3 Å². The first-order valence-corrected chi connectivity index (χ1v) is 10.2. The first-order valence-electron chi connectivity index (χ1n) is 8.64. The summed E-state index contributed by atoms with van der Waals surface area (Å²) in [6.07, 6.45) is 4.40. The lowest BCUT2D eigenvalue weighted by Gasteiger charge is -2.11. The summed E-state index contributed by atoms with van der Waals surface area (Å²) in [5.74, 6) is -0.725. The van der Waals surface area contributed by atoms with Crippen molar-refractivity contribution < 1.29 is 9.32 Å². The van der Waals surface area contributed by atoms with Crippen molar-refractivity contribution in [1.29, 1.82) is 0 Å². The van der Waals surface area contributed by atoms with Gasteiger partial charge in [-0.1, -0.05) is 41.9 Å². The van der Waals surface area contributed by atoms with Crippen molar-refractivity contribution in [2.24, 2.45) is 0 Å². The molecule has 0 amide bonds. The molecular weight excluding hydrogens is 412 g/mol. The summed E-state index contributed by atoms with van der Waals surface area (Å²) >= 11 is 5.99. The number of aromatic nitrogens is 2. The third kappa shape index (κ3) is 3.62. The van der Waals surface area contributed by atoms with Gasteiger partial charge in [0.2, 0.25) is 5.43 Å². The van der Waals surface area contributed by atoms with Crippen LogP contribution in [0.4, 0.5) is 0 Å². The van der Waals surface area contributed by atoms with E-state index in [1.807, 2.05) is 6.07 Å². The average molecular weight is 427 g/mol. The molecule has 1 N–H and O–H groups in total. The van der Waals surface area contributed by atoms with E-state index in [9.17, 15) is 18.9 Å². The first-order chi connectivity index (χ1) is 14.0. The van der Waals surface area contributed by atoms with E-state index in [2.05, 4.69) is 0 Å². The van der Waals surface area contributed by atoms with Crippen molar-refractivity contribution in [3.05, 3.63) is 104 Å². The summed E-state index contributed by atoms with van der Waals surface area (Å²) in [6, 6.07) is 15.5. The van der Waals surface area contributed by atoms with E-state index >= 15 is 0 Å². The molecular formula is C21H15ClN2O4S. The smallest absolute Gasteiger partial charge is 0.279 e. The quantitative estimate of drug-likeness (QED) is 0.544. The van der Waals surface area contributed by atoms with Crippen LogP contribution >= 0.6 is 11.6 Å². The molecule has 1 atom stereocenters. The minimum atomic E-state index is -1.79. The molecule has 1 unspecified atom stereocenters. The Kier molecular flexibility index (Phi) is 5.08. The summed E-state index contributed by atoms with van der Waals surface area (Å²) in [5, 5.41) is 11.0. The van der Waals surface area contributed by atoms with Gasteiger partial charge in [0.15, 0.2) is 11.3 Å². The van der Waals surface area contributed by atoms with Crippen molar-refractivity contribution in [2.45, 2.75) is 16.3 Å². The van der Waals surface area contributed by atoms with E-state index in [4.69, 9.17) is 11.6 Å². The Morgan fingerprint density at radius 2 is 1.76 bits per heavy atom. The molecule has 0 spiro atoms. The summed E-state index contributed by atoms with van der Waals surface area (Å²) in [5.41, 5.74) is -0.746. The number of hydrogen-bond donors (Lipinski definition) is 1. The number of halogens is 1. The van der Waals surface area contributed by atoms with Crippen LogP contribution in [0.5, 0.6) is 5.75 Å². The van der Waals surface area contributed by atoms with Crippen LogP contribution in [0.1, 0.15) is 5.56 Å². The van der Waals surface area contributed by atoms with Gasteiger partial charge in [-0.3, -0.25) is 9.59 Å². The zero-order valence-corrected chi connectivity index (χ0v) is 16.6. The fraction of sp³-hybridized carbons (Fsp3) is 0.0476. The van der Waals surface area contributed by atoms with Crippen LogP contribution < -0.4 is 11.0 Å². The van der Waals surface area contributed by atoms with Crippen LogP contribution in [0, 0.1) is 0 Å². The number of nitrogens with zero attached hydrogens (tertiary/aromatic N) is 2. The van der Waals surface area contributed by atoms with Gasteiger partial charge in [-0.2, -0.15) is 0 Å². The SMILES string of the molecule is O=c1c(S(=O)c2ccccc2)cn2ccn(Cc3cccc(Cl)c3)c(=O)c2c1O. The molecule has 0 saturated heterocycles. The normalized spacial score (nSPS) is 12.2. The summed E-state index contributed by atoms with van der Waals surface area (Å²) < 4.78 is 15.5. The van der Waals surface area contributed by atoms with E-state index in [0.29, 0.717) is 9.92 Å². The lowest BCUT2D eigenvalue weighted by atomic mass is 10.2. The molecule has 2 aromatic heterocycles. The van der Waals surface area contributed by atoms with Gasteiger partial charge in [0.05, 0.1) is 17.3 Å². The number of fused-ring (bicyclic) bond motifs is 1. The molecule has 2 aromatic carbocycles. The Morgan fingerprint density at radius 3 is 2.48 bits per heavy atom. The summed E-state index contributed by atoms with van der Waals surface area (Å²) in [7, 11) is -1.79. The monoisotopic (exact) mass is 426 g/mol. The highest BCUT2D eigenvalue weighted by Crippen LogP contribution is 2.18. The molecule has 0 aliphatic heterocycles. The molecule has 6 nitrogen and oxygen atoms in total. The fourth-order valence-electron chi connectivity index (χ4n) is 3.04. The maximum absolute atomic E-state index is 12.9. The number of hydrogen-bond acceptors (Lipinski definition) is 4. The largest absolute Gasteiger partial charge is 0.503 e. The highest BCUT2D eigenvalue weighted by atomic mass is 35.5. The Bertz CT molecular complexity index is 1360. The third-order valence-corrected chi connectivity index (χ3v) is 6.07. The van der Waals surface area contributed by atoms with Gasteiger partial charge in [-0.15, -0.1) is 0 Å². The Labute approximate surface area is 172 Å². The van der Waals surface area contributed by atoms with Crippen molar-refractivity contribution in [3.8, 4) is 5.75 Å². The number of rotatable bonds is 4. The Hall–Kier alpha value is -3.16. The molecule has 4 rings (SSSR count). The number of benzene rings is 2. The third-order valence-electron chi connectivity index (χ3n) is 4.45. The molecule has 8 heteroatoms. The van der Waals surface area contributed by atoms with E-state index in [1.165, 1.54) is 27.6 Å². The van der Waals surface area contributed by atoms with Crippen molar-refractivity contribution in [1.82, 2.24) is 8.97 Å². The van der Waals surface area contributed by atoms with E-state index < -0.39 is 27.5 Å². The van der Waals surface area contributed by atoms with Crippen LogP contribution in [-0.2, 0) is 17.3 Å². The first kappa shape index (κ1) is 19.2. The molecule has 0 bridgehead atoms. The van der Waals surface area contributed by atoms with E-state index in [-0.39, 0.29) is 17.0 Å². The lowest BCUT2D eigenvalue weighted by Crippen LogP contribution is -2.25. The highest BCUT2D eigenvalue weighted by Gasteiger charge is 2.19. The second-order valence-electron chi connectivity index (χ2n) is 6.37. The predicted octanol–water partition coefficient (Wildman–Crippen LogP) is 3.04. The molecule has 0 aliphatic rings. The lowest BCUT2D eigenvalue weighted by molar-refractivity contribution is 0.469. The molecule has 0 aliphatic carbocycles. The van der Waals surface area contributed by atoms with E-state index in [0.717, 1.165) is 5.56 Å². The predicted molar refractivity (Wildman–Crippen MR) is 111 cm³/mol. The Balaban J connectivity index is 1.83. The van der Waals surface area contributed by atoms with Crippen LogP contribution in [0.2, 0.25) is 5.02 Å². The molecule has 29 heavy (non-hydrogen) atoms. The van der Waals surface area contributed by atoms with Gasteiger partial charge < -0.3 is 14.1 Å². The molecule has 0 saturated carbocycles. The molecule has 4 aromatic rings. The molecule has 146 valence electrons. The molecule has 0 fully saturated rings. The summed E-state index contributed by atoms with van der Waals surface area (Å²) in [6.45, 7) is 0.223. The maximum atomic E-state index is 12.9. The Morgan fingerprint density at radius 1 is 1.00 bits per heavy atom. The topological polar surface area (TPSA) is 80.8 Å². The zero-order valence-electron chi connectivity index (χ0n) is 15.0. The second kappa shape index (κ2) is 7.69. The second-order valence-corrected chi connectivity index (χ2v) is 8.25. The van der Waals surface area contributed by atoms with Gasteiger partial charge in [-0.25, -0.2) is 4.21 Å². The fourth-order valence-corrected chi connectivity index (χ4v) is 4.39. The van der Waals surface area contributed by atoms with Crippen molar-refractivity contribution in [3.63, 3.8) is 0 Å². The van der Waals surface area contributed by atoms with E-state index in [1.54, 1.807) is 48.5 Å². The standard InChI is InChI=1S/C21H15ClN2O4S/c22-15-6-4-5-14(11-15)12-24-10-9-23-13-17(19(25)20(26)18(23)21(24)27)29(28)16-7-2-1-3-8-16/h1-11,13,26H,12H2. The summed E-state index contributed by atoms with van der Waals surface area (Å²) in [4.78, 5) is 25.8. The minimum Gasteiger partial charge on any atom is -0.503 e. The zero-order chi connectivity index (χ0) is 20.5. The van der Waals surface area contributed by atoms with Gasteiger partial charge in [0.25, 0.3) is 5.56 Å². The molecule has 2 heterocycles. The maximum Gasteiger partial charge on any atom is 0.279 e. The number of aromatic hydroxyl groups is 1. The highest BCUT2D eigenvalue weighted by molar-refractivity contribution is 7.85. The van der Waals surface area contributed by atoms with Crippen LogP contribution in [0.3, 0.4) is 0 Å². The van der Waals surface area contributed by atoms with Gasteiger partial charge in [0, 0.05) is 28.5 Å². The van der Waals surface area contributed by atoms with Crippen molar-refractivity contribution in [2.75, 3.05) is 0 Å². The van der Waals surface area contributed by atoms with Gasteiger partial charge in [0.1, 0.15) is 4.90 Å². The van der Waals surface area contributed by atoms with Crippen LogP contribution in [0.25, 0.3) is 5.52 Å². The van der Waals surface area contributed by atoms with Gasteiger partial charge in [-0.05, 0) is 29.8 Å². The van der Waals surface area contributed by atoms with Crippen molar-refractivity contribution >= 4 is 27.9 Å². The average Bonchev–Trinajstić information content (AvgIpc) is 2.72.